The molecule has 0 radical (unpaired) electrons. The Morgan fingerprint density at radius 1 is 1.30 bits per heavy atom. The lowest BCUT2D eigenvalue weighted by Gasteiger charge is -2.18. The van der Waals surface area contributed by atoms with E-state index in [9.17, 15) is 4.79 Å². The molecule has 0 fully saturated rings. The maximum Gasteiger partial charge on any atom is 0.252 e. The van der Waals surface area contributed by atoms with E-state index in [1.165, 1.54) is 0 Å². The Balaban J connectivity index is 2.63. The lowest BCUT2D eigenvalue weighted by atomic mass is 10.1. The van der Waals surface area contributed by atoms with Gasteiger partial charge in [-0.25, -0.2) is 0 Å². The molecule has 20 heavy (non-hydrogen) atoms. The van der Waals surface area contributed by atoms with Gasteiger partial charge in [0.25, 0.3) is 5.91 Å². The van der Waals surface area contributed by atoms with Gasteiger partial charge in [-0.05, 0) is 25.2 Å². The number of likely N-dealkylation sites (N-methyl/N-ethyl adjacent to an activating group) is 1. The van der Waals surface area contributed by atoms with Gasteiger partial charge >= 0.3 is 0 Å². The van der Waals surface area contributed by atoms with E-state index in [2.05, 4.69) is 35.9 Å². The van der Waals surface area contributed by atoms with Gasteiger partial charge in [0.05, 0.1) is 5.56 Å². The third-order valence-corrected chi connectivity index (χ3v) is 3.08. The van der Waals surface area contributed by atoms with Crippen LogP contribution in [0.15, 0.2) is 24.3 Å². The zero-order chi connectivity index (χ0) is 14.8. The highest BCUT2D eigenvalue weighted by atomic mass is 16.2. The largest absolute Gasteiger partial charge is 0.384 e. The summed E-state index contributed by atoms with van der Waals surface area (Å²) < 4.78 is 0. The molecule has 0 saturated heterocycles. The Morgan fingerprint density at radius 3 is 2.65 bits per heavy atom. The van der Waals surface area contributed by atoms with Gasteiger partial charge < -0.3 is 15.3 Å². The van der Waals surface area contributed by atoms with Crippen LogP contribution in [0.1, 0.15) is 29.8 Å². The van der Waals surface area contributed by atoms with Crippen LogP contribution in [0.4, 0.5) is 0 Å². The predicted molar refractivity (Wildman–Crippen MR) is 80.5 cm³/mol. The van der Waals surface area contributed by atoms with Crippen molar-refractivity contribution in [2.45, 2.75) is 13.8 Å². The second-order valence-electron chi connectivity index (χ2n) is 4.29. The highest BCUT2D eigenvalue weighted by Crippen LogP contribution is 2.06. The van der Waals surface area contributed by atoms with Crippen LogP contribution in [-0.4, -0.2) is 48.7 Å². The summed E-state index contributed by atoms with van der Waals surface area (Å²) in [6.07, 6.45) is 0. The van der Waals surface area contributed by atoms with Crippen molar-refractivity contribution in [2.75, 3.05) is 32.8 Å². The first-order valence-corrected chi connectivity index (χ1v) is 6.92. The number of carbonyl (C=O) groups excluding carboxylic acids is 1. The van der Waals surface area contributed by atoms with E-state index >= 15 is 0 Å². The third-order valence-electron chi connectivity index (χ3n) is 3.08. The number of aliphatic hydroxyl groups is 1. The van der Waals surface area contributed by atoms with Gasteiger partial charge in [0, 0.05) is 18.7 Å². The Kier molecular flexibility index (Phi) is 7.41. The first-order chi connectivity index (χ1) is 9.72. The van der Waals surface area contributed by atoms with Crippen LogP contribution in [-0.2, 0) is 0 Å². The highest BCUT2D eigenvalue weighted by molar-refractivity contribution is 5.96. The number of benzene rings is 1. The predicted octanol–water partition coefficient (Wildman–Crippen LogP) is 1.10. The molecule has 2 N–H and O–H groups in total. The maximum atomic E-state index is 12.1. The number of amides is 1. The molecule has 1 amide bonds. The molecule has 0 aliphatic carbocycles. The molecular formula is C16H22N2O2. The molecule has 1 aromatic carbocycles. The van der Waals surface area contributed by atoms with E-state index in [-0.39, 0.29) is 12.5 Å². The quantitative estimate of drug-likeness (QED) is 0.764. The SMILES string of the molecule is CCN(CC)CCNC(=O)c1ccccc1C#CCO. The fourth-order valence-corrected chi connectivity index (χ4v) is 1.89. The minimum absolute atomic E-state index is 0.125. The molecular weight excluding hydrogens is 252 g/mol. The zero-order valence-corrected chi connectivity index (χ0v) is 12.1. The molecule has 0 heterocycles. The van der Waals surface area contributed by atoms with Gasteiger partial charge in [-0.2, -0.15) is 0 Å². The Bertz CT molecular complexity index is 485. The fraction of sp³-hybridized carbons (Fsp3) is 0.438. The Morgan fingerprint density at radius 2 is 2.00 bits per heavy atom. The van der Waals surface area contributed by atoms with Crippen LogP contribution < -0.4 is 5.32 Å². The molecule has 0 aromatic heterocycles. The van der Waals surface area contributed by atoms with Crippen LogP contribution in [0, 0.1) is 11.8 Å². The van der Waals surface area contributed by atoms with Gasteiger partial charge in [0.1, 0.15) is 6.61 Å². The van der Waals surface area contributed by atoms with Crippen LogP contribution in [0.25, 0.3) is 0 Å². The van der Waals surface area contributed by atoms with Crippen molar-refractivity contribution in [1.82, 2.24) is 10.2 Å². The molecule has 0 bridgehead atoms. The van der Waals surface area contributed by atoms with Gasteiger partial charge in [-0.3, -0.25) is 4.79 Å². The van der Waals surface area contributed by atoms with E-state index in [1.807, 2.05) is 12.1 Å². The average molecular weight is 274 g/mol. The van der Waals surface area contributed by atoms with Crippen molar-refractivity contribution in [3.63, 3.8) is 0 Å². The lowest BCUT2D eigenvalue weighted by molar-refractivity contribution is 0.0948. The summed E-state index contributed by atoms with van der Waals surface area (Å²) in [6, 6.07) is 7.16. The summed E-state index contributed by atoms with van der Waals surface area (Å²) in [7, 11) is 0. The molecule has 4 heteroatoms. The normalized spacial score (nSPS) is 10.0. The highest BCUT2D eigenvalue weighted by Gasteiger charge is 2.09. The molecule has 0 spiro atoms. The van der Waals surface area contributed by atoms with Crippen molar-refractivity contribution in [2.24, 2.45) is 0 Å². The molecule has 4 nitrogen and oxygen atoms in total. The molecule has 108 valence electrons. The maximum absolute atomic E-state index is 12.1. The van der Waals surface area contributed by atoms with Gasteiger partial charge in [0.15, 0.2) is 0 Å². The minimum Gasteiger partial charge on any atom is -0.384 e. The summed E-state index contributed by atoms with van der Waals surface area (Å²) in [6.45, 7) is 7.40. The molecule has 1 rings (SSSR count). The van der Waals surface area contributed by atoms with Gasteiger partial charge in [-0.1, -0.05) is 37.8 Å². The average Bonchev–Trinajstić information content (AvgIpc) is 2.49. The van der Waals surface area contributed by atoms with Crippen LogP contribution in [0.3, 0.4) is 0 Å². The topological polar surface area (TPSA) is 52.6 Å². The molecule has 1 aromatic rings. The minimum atomic E-state index is -0.210. The zero-order valence-electron chi connectivity index (χ0n) is 12.1. The Labute approximate surface area is 120 Å². The smallest absolute Gasteiger partial charge is 0.252 e. The summed E-state index contributed by atoms with van der Waals surface area (Å²) in [5, 5.41) is 11.6. The van der Waals surface area contributed by atoms with Crippen molar-refractivity contribution < 1.29 is 9.90 Å². The molecule has 0 aliphatic rings. The first-order valence-electron chi connectivity index (χ1n) is 6.92. The number of nitrogens with zero attached hydrogens (tertiary/aromatic N) is 1. The summed E-state index contributed by atoms with van der Waals surface area (Å²) in [5.74, 6) is 5.24. The number of carbonyl (C=O) groups is 1. The van der Waals surface area contributed by atoms with E-state index in [1.54, 1.807) is 12.1 Å². The number of hydrogen-bond donors (Lipinski definition) is 2. The number of aliphatic hydroxyl groups excluding tert-OH is 1. The van der Waals surface area contributed by atoms with Crippen molar-refractivity contribution in [3.8, 4) is 11.8 Å². The van der Waals surface area contributed by atoms with Gasteiger partial charge in [0.2, 0.25) is 0 Å². The Hall–Kier alpha value is -1.83. The van der Waals surface area contributed by atoms with Crippen LogP contribution in [0.5, 0.6) is 0 Å². The molecule has 0 saturated carbocycles. The third kappa shape index (κ3) is 5.04. The summed E-state index contributed by atoms with van der Waals surface area (Å²) in [4.78, 5) is 14.4. The number of rotatable bonds is 6. The van der Waals surface area contributed by atoms with Crippen molar-refractivity contribution >= 4 is 5.91 Å². The first kappa shape index (κ1) is 16.2. The van der Waals surface area contributed by atoms with Crippen LogP contribution in [0.2, 0.25) is 0 Å². The van der Waals surface area contributed by atoms with E-state index < -0.39 is 0 Å². The van der Waals surface area contributed by atoms with Crippen molar-refractivity contribution in [1.29, 1.82) is 0 Å². The second-order valence-corrected chi connectivity index (χ2v) is 4.29. The second kappa shape index (κ2) is 9.13. The fourth-order valence-electron chi connectivity index (χ4n) is 1.89. The summed E-state index contributed by atoms with van der Waals surface area (Å²) in [5.41, 5.74) is 1.19. The van der Waals surface area contributed by atoms with E-state index in [4.69, 9.17) is 5.11 Å². The molecule has 0 unspecified atom stereocenters. The van der Waals surface area contributed by atoms with E-state index in [0.717, 1.165) is 19.6 Å². The molecule has 0 atom stereocenters. The molecule has 0 aliphatic heterocycles. The number of hydrogen-bond acceptors (Lipinski definition) is 3. The standard InChI is InChI=1S/C16H22N2O2/c1-3-18(4-2)12-11-17-16(20)15-10-6-5-8-14(15)9-7-13-19/h5-6,8,10,19H,3-4,11-13H2,1-2H3,(H,17,20). The van der Waals surface area contributed by atoms with E-state index in [0.29, 0.717) is 17.7 Å². The van der Waals surface area contributed by atoms with Crippen LogP contribution >= 0.6 is 0 Å². The lowest BCUT2D eigenvalue weighted by Crippen LogP contribution is -2.35. The van der Waals surface area contributed by atoms with Gasteiger partial charge in [-0.15, -0.1) is 0 Å². The summed E-state index contributed by atoms with van der Waals surface area (Å²) >= 11 is 0. The van der Waals surface area contributed by atoms with Crippen molar-refractivity contribution in [3.05, 3.63) is 35.4 Å². The monoisotopic (exact) mass is 274 g/mol. The number of nitrogens with one attached hydrogen (secondary N) is 1.